The Morgan fingerprint density at radius 1 is 1.29 bits per heavy atom. The van der Waals surface area contributed by atoms with Crippen molar-refractivity contribution in [3.05, 3.63) is 59.2 Å². The van der Waals surface area contributed by atoms with Gasteiger partial charge in [0.25, 0.3) is 5.91 Å². The van der Waals surface area contributed by atoms with E-state index in [4.69, 9.17) is 0 Å². The van der Waals surface area contributed by atoms with E-state index in [1.807, 2.05) is 19.9 Å². The Hall–Kier alpha value is -2.43. The first kappa shape index (κ1) is 15.0. The van der Waals surface area contributed by atoms with Gasteiger partial charge in [0.2, 0.25) is 0 Å². The molecule has 0 spiro atoms. The molecule has 0 radical (unpaired) electrons. The van der Waals surface area contributed by atoms with Gasteiger partial charge in [0.05, 0.1) is 17.3 Å². The van der Waals surface area contributed by atoms with Gasteiger partial charge in [-0.15, -0.1) is 0 Å². The van der Waals surface area contributed by atoms with Gasteiger partial charge in [-0.3, -0.25) is 9.78 Å². The van der Waals surface area contributed by atoms with Crippen molar-refractivity contribution in [1.82, 2.24) is 10.3 Å². The minimum Gasteiger partial charge on any atom is -0.387 e. The summed E-state index contributed by atoms with van der Waals surface area (Å²) >= 11 is 0. The molecule has 0 aliphatic heterocycles. The molecule has 2 aromatic rings. The predicted molar refractivity (Wildman–Crippen MR) is 80.8 cm³/mol. The maximum Gasteiger partial charge on any atom is 0.255 e. The maximum absolute atomic E-state index is 12.9. The van der Waals surface area contributed by atoms with Crippen molar-refractivity contribution >= 4 is 11.6 Å². The number of hydrogen-bond donors (Lipinski definition) is 2. The maximum atomic E-state index is 12.9. The summed E-state index contributed by atoms with van der Waals surface area (Å²) in [6.45, 7) is 3.72. The molecule has 1 aromatic heterocycles. The normalized spacial score (nSPS) is 11.8. The van der Waals surface area contributed by atoms with Crippen molar-refractivity contribution < 1.29 is 9.18 Å². The highest BCUT2D eigenvalue weighted by atomic mass is 19.1. The third-order valence-electron chi connectivity index (χ3n) is 3.27. The number of hydrogen-bond acceptors (Lipinski definition) is 3. The van der Waals surface area contributed by atoms with E-state index in [1.54, 1.807) is 25.4 Å². The van der Waals surface area contributed by atoms with Crippen LogP contribution >= 0.6 is 0 Å². The fourth-order valence-electron chi connectivity index (χ4n) is 2.06. The minimum absolute atomic E-state index is 0.218. The summed E-state index contributed by atoms with van der Waals surface area (Å²) < 4.78 is 12.9. The van der Waals surface area contributed by atoms with E-state index in [1.165, 1.54) is 12.1 Å². The molecule has 0 aliphatic carbocycles. The molecule has 5 heteroatoms. The van der Waals surface area contributed by atoms with Crippen molar-refractivity contribution in [3.63, 3.8) is 0 Å². The van der Waals surface area contributed by atoms with Crippen molar-refractivity contribution in [2.75, 3.05) is 12.4 Å². The molecular weight excluding hydrogens is 269 g/mol. The Bertz CT molecular complexity index is 640. The van der Waals surface area contributed by atoms with E-state index < -0.39 is 0 Å². The Morgan fingerprint density at radius 3 is 2.57 bits per heavy atom. The molecule has 4 nitrogen and oxygen atoms in total. The zero-order valence-electron chi connectivity index (χ0n) is 12.3. The van der Waals surface area contributed by atoms with Crippen molar-refractivity contribution in [2.24, 2.45) is 0 Å². The molecule has 1 unspecified atom stereocenters. The van der Waals surface area contributed by atoms with E-state index in [-0.39, 0.29) is 17.8 Å². The number of nitrogens with one attached hydrogen (secondary N) is 2. The van der Waals surface area contributed by atoms with E-state index in [0.29, 0.717) is 5.56 Å². The van der Waals surface area contributed by atoms with Crippen LogP contribution in [0.3, 0.4) is 0 Å². The molecule has 1 heterocycles. The molecule has 1 aromatic carbocycles. The third-order valence-corrected chi connectivity index (χ3v) is 3.27. The topological polar surface area (TPSA) is 54.0 Å². The Morgan fingerprint density at radius 2 is 1.95 bits per heavy atom. The van der Waals surface area contributed by atoms with Gasteiger partial charge in [-0.05, 0) is 37.6 Å². The standard InChI is InChI=1S/C16H18FN3O/c1-10-8-15(18-3)14(9-19-10)16(21)20-11(2)12-4-6-13(17)7-5-12/h4-9,11H,1-3H3,(H,18,19)(H,20,21). The molecule has 2 N–H and O–H groups in total. The highest BCUT2D eigenvalue weighted by Crippen LogP contribution is 2.18. The zero-order chi connectivity index (χ0) is 15.4. The van der Waals surface area contributed by atoms with Crippen LogP contribution < -0.4 is 10.6 Å². The second kappa shape index (κ2) is 6.35. The second-order valence-corrected chi connectivity index (χ2v) is 4.87. The number of aryl methyl sites for hydroxylation is 1. The van der Waals surface area contributed by atoms with E-state index >= 15 is 0 Å². The molecule has 1 amide bonds. The molecule has 0 saturated heterocycles. The lowest BCUT2D eigenvalue weighted by Crippen LogP contribution is -2.27. The Kier molecular flexibility index (Phi) is 4.52. The number of pyridine rings is 1. The van der Waals surface area contributed by atoms with Crippen LogP contribution in [0.1, 0.15) is 34.6 Å². The quantitative estimate of drug-likeness (QED) is 0.908. The molecule has 0 bridgehead atoms. The van der Waals surface area contributed by atoms with Gasteiger partial charge >= 0.3 is 0 Å². The van der Waals surface area contributed by atoms with Crippen LogP contribution in [0.5, 0.6) is 0 Å². The number of nitrogens with zero attached hydrogens (tertiary/aromatic N) is 1. The number of benzene rings is 1. The molecule has 0 fully saturated rings. The zero-order valence-corrected chi connectivity index (χ0v) is 12.3. The van der Waals surface area contributed by atoms with Crippen molar-refractivity contribution in [3.8, 4) is 0 Å². The van der Waals surface area contributed by atoms with Crippen molar-refractivity contribution in [1.29, 1.82) is 0 Å². The van der Waals surface area contributed by atoms with Gasteiger partial charge in [0.15, 0.2) is 0 Å². The number of carbonyl (C=O) groups is 1. The first-order valence-corrected chi connectivity index (χ1v) is 6.72. The lowest BCUT2D eigenvalue weighted by molar-refractivity contribution is 0.0940. The third kappa shape index (κ3) is 3.56. The Labute approximate surface area is 123 Å². The van der Waals surface area contributed by atoms with Crippen LogP contribution in [-0.4, -0.2) is 17.9 Å². The van der Waals surface area contributed by atoms with E-state index in [9.17, 15) is 9.18 Å². The number of halogens is 1. The van der Waals surface area contributed by atoms with Crippen LogP contribution in [-0.2, 0) is 0 Å². The highest BCUT2D eigenvalue weighted by Gasteiger charge is 2.15. The van der Waals surface area contributed by atoms with E-state index in [0.717, 1.165) is 16.9 Å². The summed E-state index contributed by atoms with van der Waals surface area (Å²) in [7, 11) is 1.76. The molecule has 0 saturated carbocycles. The number of rotatable bonds is 4. The molecule has 110 valence electrons. The molecule has 21 heavy (non-hydrogen) atoms. The van der Waals surface area contributed by atoms with Gasteiger partial charge in [-0.25, -0.2) is 4.39 Å². The summed E-state index contributed by atoms with van der Waals surface area (Å²) in [4.78, 5) is 16.5. The lowest BCUT2D eigenvalue weighted by Gasteiger charge is -2.16. The van der Waals surface area contributed by atoms with Crippen molar-refractivity contribution in [2.45, 2.75) is 19.9 Å². The van der Waals surface area contributed by atoms with Crippen LogP contribution in [0, 0.1) is 12.7 Å². The number of carbonyl (C=O) groups excluding carboxylic acids is 1. The summed E-state index contributed by atoms with van der Waals surface area (Å²) in [6, 6.07) is 7.68. The summed E-state index contributed by atoms with van der Waals surface area (Å²) in [5.74, 6) is -0.513. The average molecular weight is 287 g/mol. The first-order chi connectivity index (χ1) is 10.0. The number of amides is 1. The summed E-state index contributed by atoms with van der Waals surface area (Å²) in [6.07, 6.45) is 1.55. The van der Waals surface area contributed by atoms with Crippen LogP contribution in [0.25, 0.3) is 0 Å². The van der Waals surface area contributed by atoms with Crippen LogP contribution in [0.15, 0.2) is 36.5 Å². The molecule has 2 rings (SSSR count). The van der Waals surface area contributed by atoms with Gasteiger partial charge in [-0.1, -0.05) is 12.1 Å². The van der Waals surface area contributed by atoms with Gasteiger partial charge < -0.3 is 10.6 Å². The largest absolute Gasteiger partial charge is 0.387 e. The SMILES string of the molecule is CNc1cc(C)ncc1C(=O)NC(C)c1ccc(F)cc1. The average Bonchev–Trinajstić information content (AvgIpc) is 2.47. The van der Waals surface area contributed by atoms with Gasteiger partial charge in [0.1, 0.15) is 5.82 Å². The molecule has 0 aliphatic rings. The molecular formula is C16H18FN3O. The van der Waals surface area contributed by atoms with Gasteiger partial charge in [0, 0.05) is 18.9 Å². The minimum atomic E-state index is -0.294. The lowest BCUT2D eigenvalue weighted by atomic mass is 10.1. The smallest absolute Gasteiger partial charge is 0.255 e. The Balaban J connectivity index is 2.16. The van der Waals surface area contributed by atoms with Crippen LogP contribution in [0.4, 0.5) is 10.1 Å². The van der Waals surface area contributed by atoms with Gasteiger partial charge in [-0.2, -0.15) is 0 Å². The fourth-order valence-corrected chi connectivity index (χ4v) is 2.06. The second-order valence-electron chi connectivity index (χ2n) is 4.87. The molecule has 1 atom stereocenters. The highest BCUT2D eigenvalue weighted by molar-refractivity contribution is 5.99. The van der Waals surface area contributed by atoms with E-state index in [2.05, 4.69) is 15.6 Å². The monoisotopic (exact) mass is 287 g/mol. The number of anilines is 1. The fraction of sp³-hybridized carbons (Fsp3) is 0.250. The number of aromatic nitrogens is 1. The summed E-state index contributed by atoms with van der Waals surface area (Å²) in [5, 5.41) is 5.87. The van der Waals surface area contributed by atoms with Crippen LogP contribution in [0.2, 0.25) is 0 Å². The first-order valence-electron chi connectivity index (χ1n) is 6.72. The predicted octanol–water partition coefficient (Wildman–Crippen LogP) is 3.06. The summed E-state index contributed by atoms with van der Waals surface area (Å²) in [5.41, 5.74) is 2.89.